The van der Waals surface area contributed by atoms with Crippen molar-refractivity contribution in [3.05, 3.63) is 30.3 Å². The molecular weight excluding hydrogens is 250 g/mol. The third kappa shape index (κ3) is 4.26. The first-order chi connectivity index (χ1) is 9.66. The van der Waals surface area contributed by atoms with Gasteiger partial charge in [-0.15, -0.1) is 0 Å². The van der Waals surface area contributed by atoms with E-state index in [0.29, 0.717) is 17.6 Å². The van der Waals surface area contributed by atoms with Crippen molar-refractivity contribution in [2.45, 2.75) is 52.0 Å². The minimum absolute atomic E-state index is 0.214. The lowest BCUT2D eigenvalue weighted by molar-refractivity contribution is 0.172. The minimum atomic E-state index is -0.333. The van der Waals surface area contributed by atoms with Crippen molar-refractivity contribution in [2.24, 2.45) is 11.8 Å². The lowest BCUT2D eigenvalue weighted by atomic mass is 9.80. The van der Waals surface area contributed by atoms with Crippen molar-refractivity contribution in [1.29, 1.82) is 0 Å². The quantitative estimate of drug-likeness (QED) is 0.885. The zero-order valence-corrected chi connectivity index (χ0v) is 12.5. The summed E-state index contributed by atoms with van der Waals surface area (Å²) in [6, 6.07) is 9.44. The molecule has 0 aliphatic heterocycles. The molecule has 1 saturated carbocycles. The van der Waals surface area contributed by atoms with Gasteiger partial charge in [-0.05, 0) is 36.8 Å². The molecule has 3 nitrogen and oxygen atoms in total. The van der Waals surface area contributed by atoms with Crippen LogP contribution in [0, 0.1) is 11.8 Å². The van der Waals surface area contributed by atoms with E-state index in [9.17, 15) is 4.79 Å². The summed E-state index contributed by atoms with van der Waals surface area (Å²) in [6.07, 6.45) is 5.99. The summed E-state index contributed by atoms with van der Waals surface area (Å²) < 4.78 is 5.34. The predicted octanol–water partition coefficient (Wildman–Crippen LogP) is 4.38. The number of hydrogen-bond acceptors (Lipinski definition) is 2. The predicted molar refractivity (Wildman–Crippen MR) is 80.8 cm³/mol. The van der Waals surface area contributed by atoms with E-state index >= 15 is 0 Å². The maximum absolute atomic E-state index is 12.0. The molecule has 1 aromatic rings. The molecule has 1 unspecified atom stereocenters. The van der Waals surface area contributed by atoms with Crippen LogP contribution in [0.4, 0.5) is 4.79 Å². The van der Waals surface area contributed by atoms with Crippen LogP contribution in [0.3, 0.4) is 0 Å². The Hall–Kier alpha value is -1.51. The normalized spacial score (nSPS) is 17.8. The molecule has 0 spiro atoms. The Morgan fingerprint density at radius 3 is 2.40 bits per heavy atom. The number of carbonyl (C=O) groups excluding carboxylic acids is 1. The van der Waals surface area contributed by atoms with Gasteiger partial charge in [-0.25, -0.2) is 4.79 Å². The lowest BCUT2D eigenvalue weighted by Crippen LogP contribution is -2.45. The average Bonchev–Trinajstić information content (AvgIpc) is 2.46. The molecule has 110 valence electrons. The zero-order valence-electron chi connectivity index (χ0n) is 12.5. The molecular formula is C17H25NO2. The fraction of sp³-hybridized carbons (Fsp3) is 0.588. The Kier molecular flexibility index (Phi) is 5.45. The molecule has 0 heterocycles. The summed E-state index contributed by atoms with van der Waals surface area (Å²) in [6.45, 7) is 4.34. The topological polar surface area (TPSA) is 38.3 Å². The number of benzene rings is 1. The van der Waals surface area contributed by atoms with Crippen molar-refractivity contribution in [2.75, 3.05) is 0 Å². The van der Waals surface area contributed by atoms with Crippen LogP contribution in [0.25, 0.3) is 0 Å². The number of hydrogen-bond donors (Lipinski definition) is 1. The van der Waals surface area contributed by atoms with E-state index in [2.05, 4.69) is 19.2 Å². The number of amides is 1. The van der Waals surface area contributed by atoms with Crippen molar-refractivity contribution in [3.63, 3.8) is 0 Å². The van der Waals surface area contributed by atoms with E-state index < -0.39 is 0 Å². The molecule has 0 saturated heterocycles. The number of carbonyl (C=O) groups is 1. The van der Waals surface area contributed by atoms with Gasteiger partial charge in [-0.2, -0.15) is 0 Å². The van der Waals surface area contributed by atoms with Crippen LogP contribution >= 0.6 is 0 Å². The maximum atomic E-state index is 12.0. The van der Waals surface area contributed by atoms with Crippen LogP contribution in [-0.2, 0) is 0 Å². The molecule has 1 aliphatic rings. The van der Waals surface area contributed by atoms with E-state index in [4.69, 9.17) is 4.74 Å². The summed E-state index contributed by atoms with van der Waals surface area (Å²) in [5, 5.41) is 3.07. The fourth-order valence-corrected chi connectivity index (χ4v) is 3.08. The summed E-state index contributed by atoms with van der Waals surface area (Å²) >= 11 is 0. The van der Waals surface area contributed by atoms with Gasteiger partial charge >= 0.3 is 6.09 Å². The molecule has 1 N–H and O–H groups in total. The summed E-state index contributed by atoms with van der Waals surface area (Å²) in [5.41, 5.74) is 0. The third-order valence-electron chi connectivity index (χ3n) is 4.11. The van der Waals surface area contributed by atoms with Crippen LogP contribution < -0.4 is 10.1 Å². The van der Waals surface area contributed by atoms with Gasteiger partial charge in [-0.3, -0.25) is 0 Å². The molecule has 0 bridgehead atoms. The number of nitrogens with one attached hydrogen (secondary N) is 1. The molecule has 20 heavy (non-hydrogen) atoms. The van der Waals surface area contributed by atoms with E-state index in [0.717, 1.165) is 0 Å². The second kappa shape index (κ2) is 7.32. The smallest absolute Gasteiger partial charge is 0.410 e. The highest BCUT2D eigenvalue weighted by Gasteiger charge is 2.28. The van der Waals surface area contributed by atoms with Gasteiger partial charge in [0.1, 0.15) is 5.75 Å². The van der Waals surface area contributed by atoms with Gasteiger partial charge in [0, 0.05) is 6.04 Å². The fourth-order valence-electron chi connectivity index (χ4n) is 3.08. The van der Waals surface area contributed by atoms with E-state index in [1.165, 1.54) is 32.1 Å². The summed E-state index contributed by atoms with van der Waals surface area (Å²) in [7, 11) is 0. The van der Waals surface area contributed by atoms with Gasteiger partial charge in [0.05, 0.1) is 0 Å². The second-order valence-electron chi connectivity index (χ2n) is 6.01. The van der Waals surface area contributed by atoms with Crippen LogP contribution in [-0.4, -0.2) is 12.1 Å². The Labute approximate surface area is 121 Å². The first-order valence-corrected chi connectivity index (χ1v) is 7.70. The van der Waals surface area contributed by atoms with Crippen LogP contribution in [0.1, 0.15) is 46.0 Å². The minimum Gasteiger partial charge on any atom is -0.410 e. The molecule has 1 fully saturated rings. The van der Waals surface area contributed by atoms with Crippen LogP contribution in [0.15, 0.2) is 30.3 Å². The third-order valence-corrected chi connectivity index (χ3v) is 4.11. The standard InChI is InChI=1S/C17H25NO2/c1-13(2)16(14-9-5-3-6-10-14)18-17(19)20-15-11-7-4-8-12-15/h4,7-8,11-14,16H,3,5-6,9-10H2,1-2H3,(H,18,19). The summed E-state index contributed by atoms with van der Waals surface area (Å²) in [5.74, 6) is 1.62. The van der Waals surface area contributed by atoms with Crippen LogP contribution in [0.2, 0.25) is 0 Å². The zero-order chi connectivity index (χ0) is 14.4. The number of rotatable bonds is 4. The molecule has 1 aliphatic carbocycles. The van der Waals surface area contributed by atoms with Crippen molar-refractivity contribution >= 4 is 6.09 Å². The maximum Gasteiger partial charge on any atom is 0.412 e. The monoisotopic (exact) mass is 275 g/mol. The van der Waals surface area contributed by atoms with Gasteiger partial charge < -0.3 is 10.1 Å². The first kappa shape index (κ1) is 14.9. The molecule has 2 rings (SSSR count). The lowest BCUT2D eigenvalue weighted by Gasteiger charge is -2.33. The average molecular weight is 275 g/mol. The largest absolute Gasteiger partial charge is 0.412 e. The highest BCUT2D eigenvalue weighted by Crippen LogP contribution is 2.29. The molecule has 0 radical (unpaired) electrons. The highest BCUT2D eigenvalue weighted by molar-refractivity contribution is 5.70. The Morgan fingerprint density at radius 1 is 1.15 bits per heavy atom. The molecule has 0 aromatic heterocycles. The van der Waals surface area contributed by atoms with Crippen molar-refractivity contribution in [1.82, 2.24) is 5.32 Å². The highest BCUT2D eigenvalue weighted by atomic mass is 16.6. The van der Waals surface area contributed by atoms with E-state index in [1.807, 2.05) is 18.2 Å². The van der Waals surface area contributed by atoms with Crippen molar-refractivity contribution < 1.29 is 9.53 Å². The van der Waals surface area contributed by atoms with Gasteiger partial charge in [-0.1, -0.05) is 51.3 Å². The Morgan fingerprint density at radius 2 is 1.80 bits per heavy atom. The first-order valence-electron chi connectivity index (χ1n) is 7.70. The number of ether oxygens (including phenoxy) is 1. The van der Waals surface area contributed by atoms with Gasteiger partial charge in [0.15, 0.2) is 0 Å². The van der Waals surface area contributed by atoms with E-state index in [1.54, 1.807) is 12.1 Å². The molecule has 3 heteroatoms. The van der Waals surface area contributed by atoms with Crippen molar-refractivity contribution in [3.8, 4) is 5.75 Å². The Bertz CT molecular complexity index is 410. The SMILES string of the molecule is CC(C)C(NC(=O)Oc1ccccc1)C1CCCCC1. The van der Waals surface area contributed by atoms with Crippen LogP contribution in [0.5, 0.6) is 5.75 Å². The van der Waals surface area contributed by atoms with E-state index in [-0.39, 0.29) is 12.1 Å². The Balaban J connectivity index is 1.92. The van der Waals surface area contributed by atoms with Gasteiger partial charge in [0.2, 0.25) is 0 Å². The molecule has 1 amide bonds. The molecule has 1 aromatic carbocycles. The second-order valence-corrected chi connectivity index (χ2v) is 6.01. The molecule has 1 atom stereocenters. The number of para-hydroxylation sites is 1. The summed E-state index contributed by atoms with van der Waals surface area (Å²) in [4.78, 5) is 12.0. The van der Waals surface area contributed by atoms with Gasteiger partial charge in [0.25, 0.3) is 0 Å².